The molecule has 1 fully saturated rings. The van der Waals surface area contributed by atoms with Crippen LogP contribution >= 0.6 is 0 Å². The highest BCUT2D eigenvalue weighted by atomic mass is 19.4. The second kappa shape index (κ2) is 6.81. The van der Waals surface area contributed by atoms with Gasteiger partial charge in [0.05, 0.1) is 5.56 Å². The van der Waals surface area contributed by atoms with Crippen LogP contribution in [0.3, 0.4) is 0 Å². The van der Waals surface area contributed by atoms with Crippen molar-refractivity contribution in [2.45, 2.75) is 19.0 Å². The fourth-order valence-electron chi connectivity index (χ4n) is 2.50. The quantitative estimate of drug-likeness (QED) is 0.611. The van der Waals surface area contributed by atoms with Crippen molar-refractivity contribution in [3.8, 4) is 0 Å². The molecule has 2 rings (SSSR count). The Morgan fingerprint density at radius 3 is 2.59 bits per heavy atom. The zero-order chi connectivity index (χ0) is 16.2. The molecule has 1 unspecified atom stereocenters. The predicted octanol–water partition coefficient (Wildman–Crippen LogP) is 3.84. The number of carbonyl (C=O) groups excluding carboxylic acids is 1. The van der Waals surface area contributed by atoms with Crippen LogP contribution in [0, 0.1) is 5.92 Å². The van der Waals surface area contributed by atoms with E-state index >= 15 is 0 Å². The Bertz CT molecular complexity index is 560. The monoisotopic (exact) mass is 309 g/mol. The number of carbonyl (C=O) groups is 1. The van der Waals surface area contributed by atoms with E-state index in [0.29, 0.717) is 18.9 Å². The maximum atomic E-state index is 12.5. The largest absolute Gasteiger partial charge is 0.416 e. The van der Waals surface area contributed by atoms with Crippen LogP contribution in [-0.4, -0.2) is 23.9 Å². The zero-order valence-corrected chi connectivity index (χ0v) is 12.1. The van der Waals surface area contributed by atoms with Gasteiger partial charge in [-0.05, 0) is 42.5 Å². The van der Waals surface area contributed by atoms with Gasteiger partial charge in [-0.15, -0.1) is 0 Å². The lowest BCUT2D eigenvalue weighted by Crippen LogP contribution is -2.26. The van der Waals surface area contributed by atoms with Gasteiger partial charge in [0.1, 0.15) is 0 Å². The van der Waals surface area contributed by atoms with Gasteiger partial charge in [0.25, 0.3) is 0 Å². The molecule has 1 amide bonds. The maximum Gasteiger partial charge on any atom is 0.416 e. The van der Waals surface area contributed by atoms with Gasteiger partial charge in [-0.1, -0.05) is 30.9 Å². The van der Waals surface area contributed by atoms with Crippen molar-refractivity contribution >= 4 is 5.91 Å². The molecule has 0 aliphatic carbocycles. The number of rotatable bonds is 4. The summed E-state index contributed by atoms with van der Waals surface area (Å²) < 4.78 is 37.4. The Balaban J connectivity index is 1.86. The molecule has 22 heavy (non-hydrogen) atoms. The van der Waals surface area contributed by atoms with E-state index in [1.54, 1.807) is 4.90 Å². The molecular formula is C17H18F3NO. The highest BCUT2D eigenvalue weighted by Crippen LogP contribution is 2.29. The van der Waals surface area contributed by atoms with Crippen LogP contribution in [0.4, 0.5) is 13.2 Å². The fraction of sp³-hybridized carbons (Fsp3) is 0.353. The first-order valence-corrected chi connectivity index (χ1v) is 7.14. The Morgan fingerprint density at radius 2 is 2.00 bits per heavy atom. The summed E-state index contributed by atoms with van der Waals surface area (Å²) in [5.74, 6) is 0.247. The SMILES string of the molecule is C=CC(=O)N1CCC(C=CCc2ccc(C(F)(F)F)cc2)C1. The second-order valence-electron chi connectivity index (χ2n) is 5.36. The summed E-state index contributed by atoms with van der Waals surface area (Å²) >= 11 is 0. The van der Waals surface area contributed by atoms with Gasteiger partial charge in [0, 0.05) is 13.1 Å². The van der Waals surface area contributed by atoms with E-state index in [2.05, 4.69) is 6.58 Å². The Labute approximate surface area is 127 Å². The van der Waals surface area contributed by atoms with E-state index in [1.807, 2.05) is 12.2 Å². The Morgan fingerprint density at radius 1 is 1.32 bits per heavy atom. The number of amides is 1. The lowest BCUT2D eigenvalue weighted by Gasteiger charge is -2.12. The molecule has 1 saturated heterocycles. The first-order chi connectivity index (χ1) is 10.4. The van der Waals surface area contributed by atoms with Crippen molar-refractivity contribution in [3.05, 3.63) is 60.2 Å². The van der Waals surface area contributed by atoms with Crippen LogP contribution in [0.5, 0.6) is 0 Å². The van der Waals surface area contributed by atoms with Gasteiger partial charge < -0.3 is 4.90 Å². The molecule has 0 aromatic heterocycles. The van der Waals surface area contributed by atoms with E-state index in [1.165, 1.54) is 18.2 Å². The molecule has 1 atom stereocenters. The standard InChI is InChI=1S/C17H18F3NO/c1-2-16(22)21-11-10-14(12-21)5-3-4-13-6-8-15(9-7-13)17(18,19)20/h2-3,5-9,14H,1,4,10-12H2. The average Bonchev–Trinajstić information content (AvgIpc) is 2.95. The van der Waals surface area contributed by atoms with Gasteiger partial charge in [0.15, 0.2) is 0 Å². The van der Waals surface area contributed by atoms with Gasteiger partial charge in [0.2, 0.25) is 5.91 Å². The van der Waals surface area contributed by atoms with E-state index in [0.717, 1.165) is 30.7 Å². The topological polar surface area (TPSA) is 20.3 Å². The summed E-state index contributed by atoms with van der Waals surface area (Å²) in [4.78, 5) is 13.2. The Kier molecular flexibility index (Phi) is 5.06. The molecule has 1 aliphatic heterocycles. The molecule has 0 saturated carbocycles. The molecule has 0 N–H and O–H groups in total. The van der Waals surface area contributed by atoms with Crippen molar-refractivity contribution in [3.63, 3.8) is 0 Å². The summed E-state index contributed by atoms with van der Waals surface area (Å²) in [7, 11) is 0. The molecule has 5 heteroatoms. The van der Waals surface area contributed by atoms with Crippen LogP contribution in [0.2, 0.25) is 0 Å². The maximum absolute atomic E-state index is 12.5. The smallest absolute Gasteiger partial charge is 0.339 e. The van der Waals surface area contributed by atoms with Crippen molar-refractivity contribution in [1.29, 1.82) is 0 Å². The van der Waals surface area contributed by atoms with Crippen molar-refractivity contribution in [2.24, 2.45) is 5.92 Å². The fourth-order valence-corrected chi connectivity index (χ4v) is 2.50. The number of allylic oxidation sites excluding steroid dienone is 1. The lowest BCUT2D eigenvalue weighted by atomic mass is 10.1. The number of hydrogen-bond donors (Lipinski definition) is 0. The summed E-state index contributed by atoms with van der Waals surface area (Å²) in [6, 6.07) is 5.19. The molecule has 1 aliphatic rings. The predicted molar refractivity (Wildman–Crippen MR) is 79.2 cm³/mol. The Hall–Kier alpha value is -2.04. The minimum Gasteiger partial charge on any atom is -0.339 e. The summed E-state index contributed by atoms with van der Waals surface area (Å²) in [6.45, 7) is 4.86. The van der Waals surface area contributed by atoms with Crippen LogP contribution in [0.1, 0.15) is 17.5 Å². The zero-order valence-electron chi connectivity index (χ0n) is 12.1. The second-order valence-corrected chi connectivity index (χ2v) is 5.36. The van der Waals surface area contributed by atoms with E-state index in [4.69, 9.17) is 0 Å². The normalized spacial score (nSPS) is 18.9. The van der Waals surface area contributed by atoms with Crippen molar-refractivity contribution < 1.29 is 18.0 Å². The minimum absolute atomic E-state index is 0.0568. The molecule has 0 spiro atoms. The highest BCUT2D eigenvalue weighted by Gasteiger charge is 2.29. The molecule has 0 bridgehead atoms. The third kappa shape index (κ3) is 4.23. The number of alkyl halides is 3. The molecule has 2 nitrogen and oxygen atoms in total. The third-order valence-corrected chi connectivity index (χ3v) is 3.75. The average molecular weight is 309 g/mol. The molecule has 1 aromatic rings. The van der Waals surface area contributed by atoms with Crippen LogP contribution in [-0.2, 0) is 17.4 Å². The molecule has 1 heterocycles. The van der Waals surface area contributed by atoms with Crippen LogP contribution < -0.4 is 0 Å². The van der Waals surface area contributed by atoms with Gasteiger partial charge in [-0.2, -0.15) is 13.2 Å². The van der Waals surface area contributed by atoms with E-state index in [9.17, 15) is 18.0 Å². The number of hydrogen-bond acceptors (Lipinski definition) is 1. The summed E-state index contributed by atoms with van der Waals surface area (Å²) in [5, 5.41) is 0. The first-order valence-electron chi connectivity index (χ1n) is 7.14. The van der Waals surface area contributed by atoms with Gasteiger partial charge >= 0.3 is 6.18 Å². The van der Waals surface area contributed by atoms with Crippen molar-refractivity contribution in [2.75, 3.05) is 13.1 Å². The molecular weight excluding hydrogens is 291 g/mol. The minimum atomic E-state index is -4.29. The molecule has 118 valence electrons. The number of likely N-dealkylation sites (tertiary alicyclic amines) is 1. The number of halogens is 3. The van der Waals surface area contributed by atoms with Crippen LogP contribution in [0.15, 0.2) is 49.1 Å². The molecule has 0 radical (unpaired) electrons. The van der Waals surface area contributed by atoms with Gasteiger partial charge in [-0.3, -0.25) is 4.79 Å². The number of benzene rings is 1. The summed E-state index contributed by atoms with van der Waals surface area (Å²) in [5.41, 5.74) is 0.205. The van der Waals surface area contributed by atoms with E-state index < -0.39 is 11.7 Å². The molecule has 1 aromatic carbocycles. The first kappa shape index (κ1) is 16.3. The van der Waals surface area contributed by atoms with Crippen LogP contribution in [0.25, 0.3) is 0 Å². The van der Waals surface area contributed by atoms with Crippen molar-refractivity contribution in [1.82, 2.24) is 4.90 Å². The summed E-state index contributed by atoms with van der Waals surface area (Å²) in [6.07, 6.45) is 2.50. The van der Waals surface area contributed by atoms with E-state index in [-0.39, 0.29) is 5.91 Å². The number of nitrogens with zero attached hydrogens (tertiary/aromatic N) is 1. The third-order valence-electron chi connectivity index (χ3n) is 3.75. The highest BCUT2D eigenvalue weighted by molar-refractivity contribution is 5.87. The lowest BCUT2D eigenvalue weighted by molar-refractivity contribution is -0.137. The van der Waals surface area contributed by atoms with Gasteiger partial charge in [-0.25, -0.2) is 0 Å².